The number of hydrogen-bond acceptors (Lipinski definition) is 6. The number of hydrogen-bond donors (Lipinski definition) is 1. The minimum Gasteiger partial charge on any atom is -0.403 e. The van der Waals surface area contributed by atoms with Crippen molar-refractivity contribution in [3.63, 3.8) is 0 Å². The van der Waals surface area contributed by atoms with Crippen LogP contribution in [0, 0.1) is 0 Å². The van der Waals surface area contributed by atoms with Gasteiger partial charge in [0.2, 0.25) is 11.8 Å². The zero-order valence-electron chi connectivity index (χ0n) is 14.9. The Bertz CT molecular complexity index is 1040. The van der Waals surface area contributed by atoms with E-state index in [4.69, 9.17) is 4.42 Å². The average Bonchev–Trinajstić information content (AvgIpc) is 3.11. The fourth-order valence-electron chi connectivity index (χ4n) is 2.41. The molecule has 0 atom stereocenters. The van der Waals surface area contributed by atoms with Gasteiger partial charge < -0.3 is 4.42 Å². The van der Waals surface area contributed by atoms with Crippen LogP contribution in [0.4, 0.5) is 6.01 Å². The monoisotopic (exact) mass is 385 g/mol. The lowest BCUT2D eigenvalue weighted by Crippen LogP contribution is -2.14. The van der Waals surface area contributed by atoms with E-state index >= 15 is 0 Å². The Balaban J connectivity index is 1.75. The minimum absolute atomic E-state index is 0.0388. The molecule has 7 nitrogen and oxygen atoms in total. The summed E-state index contributed by atoms with van der Waals surface area (Å²) < 4.78 is 30.1. The van der Waals surface area contributed by atoms with Crippen molar-refractivity contribution in [2.24, 2.45) is 0 Å². The molecule has 27 heavy (non-hydrogen) atoms. The second-order valence-corrected chi connectivity index (χ2v) is 8.75. The van der Waals surface area contributed by atoms with Gasteiger partial charge in [-0.25, -0.2) is 8.42 Å². The minimum atomic E-state index is -3.41. The lowest BCUT2D eigenvalue weighted by Gasteiger charge is -2.08. The second kappa shape index (κ2) is 7.71. The molecule has 0 saturated heterocycles. The fraction of sp³-hybridized carbons (Fsp3) is 0.211. The second-order valence-electron chi connectivity index (χ2n) is 6.24. The molecule has 1 amide bonds. The molecule has 0 aliphatic carbocycles. The first-order valence-corrected chi connectivity index (χ1v) is 9.92. The van der Waals surface area contributed by atoms with Gasteiger partial charge in [0, 0.05) is 5.56 Å². The first-order valence-electron chi connectivity index (χ1n) is 8.38. The molecule has 1 heterocycles. The smallest absolute Gasteiger partial charge is 0.322 e. The van der Waals surface area contributed by atoms with E-state index in [0.717, 1.165) is 5.56 Å². The average molecular weight is 385 g/mol. The standard InChI is InChI=1S/C19H19N3O4S/c1-13(2)27(24,25)16-10-6-9-15(12-16)18-21-22-19(26-18)20-17(23)11-14-7-4-3-5-8-14/h3-10,12-13H,11H2,1-2H3,(H,20,22,23). The Morgan fingerprint density at radius 3 is 2.52 bits per heavy atom. The highest BCUT2D eigenvalue weighted by Gasteiger charge is 2.20. The number of nitrogens with zero attached hydrogens (tertiary/aromatic N) is 2. The number of sulfone groups is 1. The van der Waals surface area contributed by atoms with Crippen LogP contribution in [0.5, 0.6) is 0 Å². The number of benzene rings is 2. The molecule has 2 aromatic carbocycles. The molecule has 0 aliphatic rings. The van der Waals surface area contributed by atoms with Crippen LogP contribution in [0.1, 0.15) is 19.4 Å². The summed E-state index contributed by atoms with van der Waals surface area (Å²) in [5.74, 6) is -0.154. The normalized spacial score (nSPS) is 11.5. The van der Waals surface area contributed by atoms with Crippen LogP contribution in [0.3, 0.4) is 0 Å². The number of aromatic nitrogens is 2. The molecule has 1 N–H and O–H groups in total. The first kappa shape index (κ1) is 18.8. The van der Waals surface area contributed by atoms with Crippen LogP contribution in [0.25, 0.3) is 11.5 Å². The van der Waals surface area contributed by atoms with Crippen molar-refractivity contribution >= 4 is 21.8 Å². The summed E-state index contributed by atoms with van der Waals surface area (Å²) >= 11 is 0. The van der Waals surface area contributed by atoms with Crippen LogP contribution < -0.4 is 5.32 Å². The van der Waals surface area contributed by atoms with Crippen LogP contribution in [-0.4, -0.2) is 29.8 Å². The van der Waals surface area contributed by atoms with Gasteiger partial charge >= 0.3 is 6.01 Å². The largest absolute Gasteiger partial charge is 0.403 e. The molecular weight excluding hydrogens is 366 g/mol. The quantitative estimate of drug-likeness (QED) is 0.699. The summed E-state index contributed by atoms with van der Waals surface area (Å²) in [5, 5.41) is 9.70. The van der Waals surface area contributed by atoms with Crippen molar-refractivity contribution in [1.29, 1.82) is 0 Å². The van der Waals surface area contributed by atoms with Crippen molar-refractivity contribution in [3.8, 4) is 11.5 Å². The van der Waals surface area contributed by atoms with Crippen molar-refractivity contribution in [1.82, 2.24) is 10.2 Å². The number of rotatable bonds is 6. The van der Waals surface area contributed by atoms with Gasteiger partial charge in [0.1, 0.15) is 0 Å². The zero-order valence-corrected chi connectivity index (χ0v) is 15.7. The number of carbonyl (C=O) groups excluding carboxylic acids is 1. The SMILES string of the molecule is CC(C)S(=O)(=O)c1cccc(-c2nnc(NC(=O)Cc3ccccc3)o2)c1. The van der Waals surface area contributed by atoms with Gasteiger partial charge in [0.25, 0.3) is 0 Å². The molecule has 140 valence electrons. The highest BCUT2D eigenvalue weighted by atomic mass is 32.2. The van der Waals surface area contributed by atoms with Gasteiger partial charge in [0.15, 0.2) is 9.84 Å². The summed E-state index contributed by atoms with van der Waals surface area (Å²) in [6, 6.07) is 15.5. The predicted molar refractivity (Wildman–Crippen MR) is 101 cm³/mol. The van der Waals surface area contributed by atoms with E-state index in [9.17, 15) is 13.2 Å². The van der Waals surface area contributed by atoms with E-state index in [1.807, 2.05) is 30.3 Å². The molecule has 0 unspecified atom stereocenters. The molecule has 0 spiro atoms. The highest BCUT2D eigenvalue weighted by Crippen LogP contribution is 2.24. The van der Waals surface area contributed by atoms with E-state index in [1.54, 1.807) is 26.0 Å². The maximum absolute atomic E-state index is 12.3. The summed E-state index contributed by atoms with van der Waals surface area (Å²) in [5.41, 5.74) is 1.33. The first-order chi connectivity index (χ1) is 12.9. The molecular formula is C19H19N3O4S. The Kier molecular flexibility index (Phi) is 5.36. The molecule has 0 radical (unpaired) electrons. The predicted octanol–water partition coefficient (Wildman–Crippen LogP) is 3.10. The Hall–Kier alpha value is -3.00. The number of carbonyl (C=O) groups is 1. The maximum atomic E-state index is 12.3. The van der Waals surface area contributed by atoms with Crippen LogP contribution in [0.15, 0.2) is 63.9 Å². The van der Waals surface area contributed by atoms with Crippen LogP contribution >= 0.6 is 0 Å². The van der Waals surface area contributed by atoms with Gasteiger partial charge in [-0.2, -0.15) is 0 Å². The molecule has 3 aromatic rings. The number of amides is 1. The molecule has 0 saturated carbocycles. The van der Waals surface area contributed by atoms with Crippen molar-refractivity contribution < 1.29 is 17.6 Å². The lowest BCUT2D eigenvalue weighted by atomic mass is 10.1. The van der Waals surface area contributed by atoms with Crippen LogP contribution in [0.2, 0.25) is 0 Å². The van der Waals surface area contributed by atoms with Crippen molar-refractivity contribution in [3.05, 3.63) is 60.2 Å². The third-order valence-corrected chi connectivity index (χ3v) is 6.06. The highest BCUT2D eigenvalue weighted by molar-refractivity contribution is 7.92. The summed E-state index contributed by atoms with van der Waals surface area (Å²) in [4.78, 5) is 12.3. The van der Waals surface area contributed by atoms with Gasteiger partial charge in [-0.1, -0.05) is 41.5 Å². The van der Waals surface area contributed by atoms with Crippen LogP contribution in [-0.2, 0) is 21.1 Å². The van der Waals surface area contributed by atoms with E-state index in [-0.39, 0.29) is 29.1 Å². The molecule has 8 heteroatoms. The maximum Gasteiger partial charge on any atom is 0.322 e. The number of anilines is 1. The lowest BCUT2D eigenvalue weighted by molar-refractivity contribution is -0.115. The van der Waals surface area contributed by atoms with Gasteiger partial charge in [-0.3, -0.25) is 10.1 Å². The molecule has 0 fully saturated rings. The van der Waals surface area contributed by atoms with Gasteiger partial charge in [-0.15, -0.1) is 5.10 Å². The van der Waals surface area contributed by atoms with E-state index < -0.39 is 15.1 Å². The van der Waals surface area contributed by atoms with Crippen molar-refractivity contribution in [2.45, 2.75) is 30.4 Å². The van der Waals surface area contributed by atoms with Gasteiger partial charge in [0.05, 0.1) is 16.6 Å². The summed E-state index contributed by atoms with van der Waals surface area (Å²) in [6.07, 6.45) is 0.181. The molecule has 0 aliphatic heterocycles. The third kappa shape index (κ3) is 4.40. The van der Waals surface area contributed by atoms with E-state index in [2.05, 4.69) is 15.5 Å². The summed E-state index contributed by atoms with van der Waals surface area (Å²) in [6.45, 7) is 3.24. The Morgan fingerprint density at radius 1 is 1.07 bits per heavy atom. The topological polar surface area (TPSA) is 102 Å². The zero-order chi connectivity index (χ0) is 19.4. The molecule has 1 aromatic heterocycles. The van der Waals surface area contributed by atoms with E-state index in [0.29, 0.717) is 5.56 Å². The van der Waals surface area contributed by atoms with Gasteiger partial charge in [-0.05, 0) is 37.6 Å². The Labute approximate surface area is 157 Å². The third-order valence-electron chi connectivity index (χ3n) is 3.91. The van der Waals surface area contributed by atoms with E-state index in [1.165, 1.54) is 12.1 Å². The Morgan fingerprint density at radius 2 is 1.81 bits per heavy atom. The van der Waals surface area contributed by atoms with Crippen molar-refractivity contribution in [2.75, 3.05) is 5.32 Å². The molecule has 0 bridgehead atoms. The molecule has 3 rings (SSSR count). The fourth-order valence-corrected chi connectivity index (χ4v) is 3.52. The summed E-state index contributed by atoms with van der Waals surface area (Å²) in [7, 11) is -3.41. The number of nitrogens with one attached hydrogen (secondary N) is 1.